The molecule has 4 rings (SSSR count). The molecule has 0 spiro atoms. The van der Waals surface area contributed by atoms with E-state index in [-0.39, 0.29) is 38.3 Å². The van der Waals surface area contributed by atoms with Crippen LogP contribution in [0.4, 0.5) is 0 Å². The molecule has 0 bridgehead atoms. The largest absolute Gasteiger partial charge is 0.462 e. The lowest BCUT2D eigenvalue weighted by atomic mass is 9.79. The Morgan fingerprint density at radius 3 is 2.09 bits per heavy atom. The maximum Gasteiger partial charge on any atom is 0.308 e. The minimum Gasteiger partial charge on any atom is -0.462 e. The van der Waals surface area contributed by atoms with Crippen molar-refractivity contribution in [3.05, 3.63) is 23.8 Å². The van der Waals surface area contributed by atoms with Gasteiger partial charge in [-0.25, -0.2) is 0 Å². The number of esters is 1. The van der Waals surface area contributed by atoms with Crippen LogP contribution in [-0.2, 0) is 52.2 Å². The molecule has 6 N–H and O–H groups in total. The fourth-order valence-electron chi connectivity index (χ4n) is 9.60. The topological polar surface area (TPSA) is 242 Å². The molecule has 18 nitrogen and oxygen atoms in total. The molecule has 4 heterocycles. The highest BCUT2D eigenvalue weighted by molar-refractivity contribution is 5.91. The highest BCUT2D eigenvalue weighted by Crippen LogP contribution is 2.38. The van der Waals surface area contributed by atoms with Crippen molar-refractivity contribution in [3.63, 3.8) is 0 Å². The van der Waals surface area contributed by atoms with Crippen molar-refractivity contribution < 1.29 is 82.9 Å². The number of allylic oxidation sites excluding steroid dienone is 3. The van der Waals surface area contributed by atoms with Gasteiger partial charge in [-0.05, 0) is 80.0 Å². The van der Waals surface area contributed by atoms with Gasteiger partial charge in [-0.15, -0.1) is 0 Å². The Labute approximate surface area is 379 Å². The van der Waals surface area contributed by atoms with Crippen LogP contribution in [0.25, 0.3) is 0 Å². The molecule has 0 radical (unpaired) electrons. The molecule has 0 aromatic heterocycles. The first kappa shape index (κ1) is 54.6. The van der Waals surface area contributed by atoms with Gasteiger partial charge < -0.3 is 78.2 Å². The maximum atomic E-state index is 13.8. The number of aliphatic hydroxyl groups excluding tert-OH is 5. The molecular weight excluding hydrogens is 838 g/mol. The van der Waals surface area contributed by atoms with Gasteiger partial charge in [0.05, 0.1) is 55.2 Å². The van der Waals surface area contributed by atoms with Gasteiger partial charge in [0.15, 0.2) is 24.7 Å². The molecule has 21 atom stereocenters. The molecule has 0 amide bonds. The summed E-state index contributed by atoms with van der Waals surface area (Å²) < 4.78 is 54.8. The summed E-state index contributed by atoms with van der Waals surface area (Å²) in [5.74, 6) is -3.31. The van der Waals surface area contributed by atoms with Gasteiger partial charge in [0.2, 0.25) is 0 Å². The number of ketones is 1. The molecule has 3 fully saturated rings. The second kappa shape index (κ2) is 24.3. The second-order valence-electron chi connectivity index (χ2n) is 18.9. The molecule has 0 aromatic carbocycles. The van der Waals surface area contributed by atoms with Crippen molar-refractivity contribution in [1.82, 2.24) is 4.90 Å². The van der Waals surface area contributed by atoms with E-state index in [2.05, 4.69) is 0 Å². The Kier molecular flexibility index (Phi) is 20.8. The highest BCUT2D eigenvalue weighted by atomic mass is 16.7. The first-order valence-corrected chi connectivity index (χ1v) is 22.8. The van der Waals surface area contributed by atoms with E-state index in [4.69, 9.17) is 42.6 Å². The van der Waals surface area contributed by atoms with Gasteiger partial charge >= 0.3 is 5.97 Å². The van der Waals surface area contributed by atoms with Crippen LogP contribution in [0.2, 0.25) is 0 Å². The summed E-state index contributed by atoms with van der Waals surface area (Å²) in [7, 11) is 6.47. The van der Waals surface area contributed by atoms with Crippen molar-refractivity contribution in [1.29, 1.82) is 0 Å². The van der Waals surface area contributed by atoms with E-state index in [0.717, 1.165) is 0 Å². The third-order valence-corrected chi connectivity index (χ3v) is 13.5. The molecule has 18 heteroatoms. The number of aliphatic hydroxyl groups is 6. The summed E-state index contributed by atoms with van der Waals surface area (Å²) in [5, 5.41) is 66.2. The Bertz CT molecular complexity index is 1530. The number of rotatable bonds is 13. The zero-order valence-corrected chi connectivity index (χ0v) is 39.9. The third-order valence-electron chi connectivity index (χ3n) is 13.5. The summed E-state index contributed by atoms with van der Waals surface area (Å²) in [6, 6.07) is -0.728. The predicted molar refractivity (Wildman–Crippen MR) is 231 cm³/mol. The minimum absolute atomic E-state index is 0.00151. The number of nitrogens with zero attached hydrogens (tertiary/aromatic N) is 1. The Balaban J connectivity index is 1.62. The standard InChI is InChI=1S/C46H79NO17/c1-13-33-30(22-58-45-42(57-12)41(56-11)37(52)26(5)60-45)18-23(2)14-15-31(49)24(3)19-29(16-17-48)39(25(4)32(50)20-34(51)62-33)64-44-38(53)36(47(9)10)40(27(6)61-44)63-35-21-46(8,55)43(54)28(7)59-35/h14-15,18,24-30,32-33,35-45,48,50,52-55H,13,16-17,19-22H2,1-12H3/b15-14-,23-18-/t24-,25+,26-,27-,28+,29+,30-,32-,33-,35+,36-,37-,38-,39-,40-,41-,42-,43+,44+,45-,46-/m1/s1. The number of hydrogen-bond donors (Lipinski definition) is 6. The molecule has 0 aliphatic carbocycles. The van der Waals surface area contributed by atoms with E-state index in [9.17, 15) is 40.2 Å². The third kappa shape index (κ3) is 13.6. The van der Waals surface area contributed by atoms with Gasteiger partial charge in [-0.3, -0.25) is 9.59 Å². The Hall–Kier alpha value is -1.98. The van der Waals surface area contributed by atoms with Crippen LogP contribution in [0.5, 0.6) is 0 Å². The van der Waals surface area contributed by atoms with Crippen molar-refractivity contribution in [2.24, 2.45) is 23.7 Å². The van der Waals surface area contributed by atoms with Crippen LogP contribution in [-0.4, -0.2) is 193 Å². The number of carbonyl (C=O) groups is 2. The number of likely N-dealkylation sites (N-methyl/N-ethyl adjacent to an activating group) is 1. The highest BCUT2D eigenvalue weighted by Gasteiger charge is 2.52. The van der Waals surface area contributed by atoms with Crippen LogP contribution in [0.15, 0.2) is 23.8 Å². The molecule has 64 heavy (non-hydrogen) atoms. The average molecular weight is 918 g/mol. The van der Waals surface area contributed by atoms with Gasteiger partial charge in [-0.2, -0.15) is 0 Å². The molecular formula is C46H79NO17. The number of cyclic esters (lactones) is 1. The van der Waals surface area contributed by atoms with Crippen LogP contribution >= 0.6 is 0 Å². The van der Waals surface area contributed by atoms with Crippen LogP contribution < -0.4 is 0 Å². The summed E-state index contributed by atoms with van der Waals surface area (Å²) in [4.78, 5) is 29.3. The summed E-state index contributed by atoms with van der Waals surface area (Å²) in [6.07, 6.45) is -8.52. The van der Waals surface area contributed by atoms with Crippen molar-refractivity contribution >= 4 is 11.8 Å². The second-order valence-corrected chi connectivity index (χ2v) is 18.9. The summed E-state index contributed by atoms with van der Waals surface area (Å²) in [5.41, 5.74) is -0.782. The van der Waals surface area contributed by atoms with Crippen LogP contribution in [0.1, 0.15) is 87.5 Å². The van der Waals surface area contributed by atoms with E-state index in [1.54, 1.807) is 59.7 Å². The summed E-state index contributed by atoms with van der Waals surface area (Å²) in [6.45, 7) is 13.5. The minimum atomic E-state index is -1.48. The Morgan fingerprint density at radius 1 is 0.844 bits per heavy atom. The Morgan fingerprint density at radius 2 is 1.50 bits per heavy atom. The van der Waals surface area contributed by atoms with E-state index in [1.165, 1.54) is 27.2 Å². The monoisotopic (exact) mass is 918 g/mol. The number of hydrogen-bond acceptors (Lipinski definition) is 18. The lowest BCUT2D eigenvalue weighted by molar-refractivity contribution is -0.342. The van der Waals surface area contributed by atoms with E-state index in [1.807, 2.05) is 19.9 Å². The van der Waals surface area contributed by atoms with Gasteiger partial charge in [0.25, 0.3) is 0 Å². The fraction of sp³-hybridized carbons (Fsp3) is 0.870. The van der Waals surface area contributed by atoms with Gasteiger partial charge in [0, 0.05) is 45.0 Å². The SMILES string of the molecule is CC[C@H]1OC(=O)C[C@@H](O)[C@H](C)[C@@H](O[C@@H]2O[C@H](C)[C@@H](O[C@H]3C[C@@](C)(O)[C@@H](O)[C@H](C)O3)[C@H](N(C)C)[C@H]2O)[C@@H](CCO)C[C@@H](C)C(=O)/C=C\C(C)=C/[C@@H]1CO[C@@H]1O[C@H](C)[C@@H](O)[C@@H](OC)[C@H]1OC. The first-order valence-electron chi connectivity index (χ1n) is 22.8. The molecule has 0 unspecified atom stereocenters. The van der Waals surface area contributed by atoms with E-state index >= 15 is 0 Å². The molecule has 0 saturated carbocycles. The lowest BCUT2D eigenvalue weighted by Gasteiger charge is -2.50. The van der Waals surface area contributed by atoms with Gasteiger partial charge in [-0.1, -0.05) is 38.5 Å². The number of carbonyl (C=O) groups excluding carboxylic acids is 2. The molecule has 4 aliphatic heterocycles. The van der Waals surface area contributed by atoms with Crippen molar-refractivity contribution in [2.75, 3.05) is 41.5 Å². The lowest BCUT2D eigenvalue weighted by Crippen LogP contribution is -2.65. The molecule has 0 aromatic rings. The van der Waals surface area contributed by atoms with E-state index in [0.29, 0.717) is 12.0 Å². The predicted octanol–water partition coefficient (Wildman–Crippen LogP) is 1.63. The van der Waals surface area contributed by atoms with Crippen LogP contribution in [0, 0.1) is 23.7 Å². The zero-order valence-electron chi connectivity index (χ0n) is 39.9. The first-order chi connectivity index (χ1) is 30.1. The summed E-state index contributed by atoms with van der Waals surface area (Å²) >= 11 is 0. The quantitative estimate of drug-likeness (QED) is 0.144. The fourth-order valence-corrected chi connectivity index (χ4v) is 9.60. The van der Waals surface area contributed by atoms with Crippen molar-refractivity contribution in [2.45, 2.75) is 191 Å². The average Bonchev–Trinajstić information content (AvgIpc) is 3.23. The number of methoxy groups -OCH3 is 2. The molecule has 370 valence electrons. The van der Waals surface area contributed by atoms with Gasteiger partial charge in [0.1, 0.15) is 42.7 Å². The zero-order chi connectivity index (χ0) is 47.8. The smallest absolute Gasteiger partial charge is 0.308 e. The van der Waals surface area contributed by atoms with Crippen LogP contribution in [0.3, 0.4) is 0 Å². The molecule has 3 saturated heterocycles. The normalized spacial score (nSPS) is 46.0. The van der Waals surface area contributed by atoms with E-state index < -0.39 is 140 Å². The maximum absolute atomic E-state index is 13.8. The number of ether oxygens (including phenoxy) is 9. The van der Waals surface area contributed by atoms with Crippen molar-refractivity contribution in [3.8, 4) is 0 Å². The molecule has 4 aliphatic rings.